The molecule has 172 valence electrons. The molecule has 6 rings (SSSR count). The molecule has 5 nitrogen and oxygen atoms in total. The lowest BCUT2D eigenvalue weighted by Crippen LogP contribution is -2.34. The average Bonchev–Trinajstić information content (AvgIpc) is 3.65. The molecule has 0 N–H and O–H groups in total. The van der Waals surface area contributed by atoms with Gasteiger partial charge in [0.05, 0.1) is 5.69 Å². The molecule has 0 amide bonds. The topological polar surface area (TPSA) is 61.0 Å². The van der Waals surface area contributed by atoms with E-state index in [2.05, 4.69) is 63.7 Å². The van der Waals surface area contributed by atoms with E-state index >= 15 is 0 Å². The smallest absolute Gasteiger partial charge is 0.226 e. The van der Waals surface area contributed by atoms with Gasteiger partial charge in [0.2, 0.25) is 11.7 Å². The molecular formula is C29H29N3O2. The molecule has 2 heterocycles. The van der Waals surface area contributed by atoms with Crippen molar-refractivity contribution < 1.29 is 9.26 Å². The van der Waals surface area contributed by atoms with Crippen LogP contribution in [0.25, 0.3) is 11.4 Å². The van der Waals surface area contributed by atoms with E-state index in [9.17, 15) is 0 Å². The van der Waals surface area contributed by atoms with Gasteiger partial charge in [-0.25, -0.2) is 0 Å². The molecule has 34 heavy (non-hydrogen) atoms. The van der Waals surface area contributed by atoms with Gasteiger partial charge >= 0.3 is 0 Å². The van der Waals surface area contributed by atoms with Gasteiger partial charge in [-0.05, 0) is 66.5 Å². The molecule has 0 radical (unpaired) electrons. The largest absolute Gasteiger partial charge is 0.487 e. The number of pyridine rings is 1. The van der Waals surface area contributed by atoms with E-state index in [4.69, 9.17) is 9.26 Å². The first-order valence-corrected chi connectivity index (χ1v) is 12.3. The highest BCUT2D eigenvalue weighted by Crippen LogP contribution is 2.60. The van der Waals surface area contributed by atoms with Crippen molar-refractivity contribution in [3.8, 4) is 17.1 Å². The third-order valence-electron chi connectivity index (χ3n) is 7.76. The lowest BCUT2D eigenvalue weighted by molar-refractivity contribution is 0.299. The SMILES string of the molecule is CCc1nc(-c2ccc([C@]3(c4ccc(OCc5ccccn5)cc4)C[C@@H]4CC[C@H]3C4)cc2)no1. The highest BCUT2D eigenvalue weighted by Gasteiger charge is 2.52. The number of nitrogens with zero attached hydrogens (tertiary/aromatic N) is 3. The molecule has 0 spiro atoms. The van der Waals surface area contributed by atoms with E-state index in [0.29, 0.717) is 24.2 Å². The molecule has 5 heteroatoms. The molecule has 0 saturated heterocycles. The summed E-state index contributed by atoms with van der Waals surface area (Å²) >= 11 is 0. The van der Waals surface area contributed by atoms with E-state index in [0.717, 1.165) is 29.3 Å². The Morgan fingerprint density at radius 3 is 2.38 bits per heavy atom. The minimum atomic E-state index is 0.0623. The molecule has 2 saturated carbocycles. The number of hydrogen-bond acceptors (Lipinski definition) is 5. The Hall–Kier alpha value is -3.47. The molecule has 2 bridgehead atoms. The van der Waals surface area contributed by atoms with E-state index in [1.54, 1.807) is 6.20 Å². The van der Waals surface area contributed by atoms with Crippen LogP contribution in [0.5, 0.6) is 5.75 Å². The van der Waals surface area contributed by atoms with Gasteiger partial charge in [-0.3, -0.25) is 4.98 Å². The van der Waals surface area contributed by atoms with Crippen LogP contribution in [0.4, 0.5) is 0 Å². The first kappa shape index (κ1) is 21.1. The van der Waals surface area contributed by atoms with Gasteiger partial charge in [0.15, 0.2) is 0 Å². The zero-order chi connectivity index (χ0) is 23.0. The molecule has 2 aromatic carbocycles. The lowest BCUT2D eigenvalue weighted by Gasteiger charge is -2.39. The molecule has 3 atom stereocenters. The van der Waals surface area contributed by atoms with Crippen molar-refractivity contribution >= 4 is 0 Å². The quantitative estimate of drug-likeness (QED) is 0.326. The van der Waals surface area contributed by atoms with Crippen molar-refractivity contribution in [1.82, 2.24) is 15.1 Å². The summed E-state index contributed by atoms with van der Waals surface area (Å²) in [4.78, 5) is 8.84. The third-order valence-corrected chi connectivity index (χ3v) is 7.76. The summed E-state index contributed by atoms with van der Waals surface area (Å²) in [6, 6.07) is 23.5. The first-order valence-electron chi connectivity index (χ1n) is 12.3. The predicted octanol–water partition coefficient (Wildman–Crippen LogP) is 6.38. The van der Waals surface area contributed by atoms with Crippen molar-refractivity contribution in [3.63, 3.8) is 0 Å². The highest BCUT2D eigenvalue weighted by atomic mass is 16.5. The second-order valence-electron chi connectivity index (χ2n) is 9.63. The summed E-state index contributed by atoms with van der Waals surface area (Å²) in [5, 5.41) is 4.14. The first-order chi connectivity index (χ1) is 16.7. The van der Waals surface area contributed by atoms with Crippen molar-refractivity contribution in [1.29, 1.82) is 0 Å². The molecule has 2 fully saturated rings. The van der Waals surface area contributed by atoms with E-state index in [1.165, 1.54) is 36.8 Å². The number of rotatable bonds is 7. The molecule has 2 aliphatic carbocycles. The van der Waals surface area contributed by atoms with Gasteiger partial charge < -0.3 is 9.26 Å². The van der Waals surface area contributed by atoms with Crippen molar-refractivity contribution in [2.75, 3.05) is 0 Å². The fourth-order valence-electron chi connectivity index (χ4n) is 6.13. The number of fused-ring (bicyclic) bond motifs is 2. The van der Waals surface area contributed by atoms with Gasteiger partial charge in [0, 0.05) is 23.6 Å². The Morgan fingerprint density at radius 2 is 1.76 bits per heavy atom. The number of aromatic nitrogens is 3. The summed E-state index contributed by atoms with van der Waals surface area (Å²) in [5.74, 6) is 3.72. The fraction of sp³-hybridized carbons (Fsp3) is 0.345. The number of benzene rings is 2. The Kier molecular flexibility index (Phi) is 5.40. The van der Waals surface area contributed by atoms with Crippen LogP contribution >= 0.6 is 0 Å². The minimum Gasteiger partial charge on any atom is -0.487 e. The zero-order valence-electron chi connectivity index (χ0n) is 19.5. The maximum Gasteiger partial charge on any atom is 0.226 e. The van der Waals surface area contributed by atoms with Crippen LogP contribution in [0.2, 0.25) is 0 Å². The van der Waals surface area contributed by atoms with Gasteiger partial charge in [-0.1, -0.05) is 61.0 Å². The summed E-state index contributed by atoms with van der Waals surface area (Å²) in [6.45, 7) is 2.50. The average molecular weight is 452 g/mol. The zero-order valence-corrected chi connectivity index (χ0v) is 19.5. The predicted molar refractivity (Wildman–Crippen MR) is 130 cm³/mol. The van der Waals surface area contributed by atoms with Crippen LogP contribution in [-0.2, 0) is 18.4 Å². The second-order valence-corrected chi connectivity index (χ2v) is 9.63. The Labute approximate surface area is 200 Å². The van der Waals surface area contributed by atoms with Gasteiger partial charge in [-0.2, -0.15) is 4.98 Å². The minimum absolute atomic E-state index is 0.0623. The van der Waals surface area contributed by atoms with Gasteiger partial charge in [0.25, 0.3) is 0 Å². The summed E-state index contributed by atoms with van der Waals surface area (Å²) in [7, 11) is 0. The summed E-state index contributed by atoms with van der Waals surface area (Å²) in [6.07, 6.45) is 7.75. The van der Waals surface area contributed by atoms with Gasteiger partial charge in [0.1, 0.15) is 12.4 Å². The maximum absolute atomic E-state index is 6.00. The maximum atomic E-state index is 6.00. The molecule has 2 aliphatic rings. The van der Waals surface area contributed by atoms with Crippen LogP contribution in [-0.4, -0.2) is 15.1 Å². The second kappa shape index (κ2) is 8.71. The van der Waals surface area contributed by atoms with Gasteiger partial charge in [-0.15, -0.1) is 0 Å². The van der Waals surface area contributed by atoms with Crippen LogP contribution in [0.1, 0.15) is 55.3 Å². The van der Waals surface area contributed by atoms with E-state index in [-0.39, 0.29) is 5.41 Å². The third kappa shape index (κ3) is 3.69. The number of hydrogen-bond donors (Lipinski definition) is 0. The molecule has 0 unspecified atom stereocenters. The van der Waals surface area contributed by atoms with Crippen LogP contribution in [0.3, 0.4) is 0 Å². The van der Waals surface area contributed by atoms with Crippen molar-refractivity contribution in [2.45, 2.75) is 51.0 Å². The lowest BCUT2D eigenvalue weighted by atomic mass is 9.64. The summed E-state index contributed by atoms with van der Waals surface area (Å²) in [5.41, 5.74) is 4.79. The standard InChI is InChI=1S/C29H29N3O2/c1-2-27-31-28(32-34-27)21-7-10-22(11-8-21)29(18-20-6-9-24(29)17-20)23-12-14-26(15-13-23)33-19-25-5-3-4-16-30-25/h3-5,7-8,10-16,20,24H,2,6,9,17-19H2,1H3/t20-,24+,29+/m1/s1. The molecule has 4 aromatic rings. The van der Waals surface area contributed by atoms with Crippen LogP contribution in [0, 0.1) is 11.8 Å². The summed E-state index contributed by atoms with van der Waals surface area (Å²) < 4.78 is 11.3. The van der Waals surface area contributed by atoms with Crippen molar-refractivity contribution in [3.05, 3.63) is 95.6 Å². The molecular weight excluding hydrogens is 422 g/mol. The Balaban J connectivity index is 1.28. The van der Waals surface area contributed by atoms with E-state index in [1.807, 2.05) is 25.1 Å². The van der Waals surface area contributed by atoms with Crippen LogP contribution in [0.15, 0.2) is 77.4 Å². The number of ether oxygens (including phenoxy) is 1. The number of aryl methyl sites for hydroxylation is 1. The Bertz CT molecular complexity index is 1250. The fourth-order valence-corrected chi connectivity index (χ4v) is 6.13. The molecule has 2 aromatic heterocycles. The van der Waals surface area contributed by atoms with E-state index < -0.39 is 0 Å². The van der Waals surface area contributed by atoms with Crippen LogP contribution < -0.4 is 4.74 Å². The Morgan fingerprint density at radius 1 is 0.971 bits per heavy atom. The monoisotopic (exact) mass is 451 g/mol. The van der Waals surface area contributed by atoms with Crippen molar-refractivity contribution in [2.24, 2.45) is 11.8 Å². The highest BCUT2D eigenvalue weighted by molar-refractivity contribution is 5.57. The molecule has 0 aliphatic heterocycles. The normalized spacial score (nSPS) is 23.3.